The molecule has 8 heteroatoms. The number of halogens is 2. The number of carbonyl (C=O) groups is 2. The minimum atomic E-state index is -1.41. The molecule has 0 aliphatic carbocycles. The quantitative estimate of drug-likeness (QED) is 0.787. The topological polar surface area (TPSA) is 83.5 Å². The molecule has 0 aliphatic heterocycles. The minimum absolute atomic E-state index is 0.0268. The minimum Gasteiger partial charge on any atom is -0.480 e. The summed E-state index contributed by atoms with van der Waals surface area (Å²) in [5.41, 5.74) is -0.200. The molecule has 2 atom stereocenters. The SMILES string of the molecule is O=C(N[C@H](CC[S@@](=O)c1ccccc1)C(=O)O)c1ccc(F)c(F)c1. The summed E-state index contributed by atoms with van der Waals surface area (Å²) in [5.74, 6) is -4.44. The molecular formula is C17H15F2NO4S. The van der Waals surface area contributed by atoms with Crippen molar-refractivity contribution in [3.8, 4) is 0 Å². The van der Waals surface area contributed by atoms with Gasteiger partial charge in [0.15, 0.2) is 11.6 Å². The predicted molar refractivity (Wildman–Crippen MR) is 87.6 cm³/mol. The standard InChI is InChI=1S/C17H15F2NO4S/c18-13-7-6-11(10-14(13)19)16(21)20-15(17(22)23)8-9-25(24)12-4-2-1-3-5-12/h1-7,10,15H,8-9H2,(H,20,21)(H,22,23)/t15-,25-/m1/s1. The lowest BCUT2D eigenvalue weighted by atomic mass is 10.1. The Balaban J connectivity index is 2.00. The first-order valence-corrected chi connectivity index (χ1v) is 8.62. The molecule has 0 fully saturated rings. The highest BCUT2D eigenvalue weighted by atomic mass is 32.2. The van der Waals surface area contributed by atoms with Gasteiger partial charge in [-0.3, -0.25) is 9.00 Å². The smallest absolute Gasteiger partial charge is 0.326 e. The van der Waals surface area contributed by atoms with E-state index in [1.807, 2.05) is 0 Å². The van der Waals surface area contributed by atoms with Crippen molar-refractivity contribution in [3.05, 3.63) is 65.7 Å². The number of rotatable bonds is 7. The molecule has 2 aromatic rings. The Labute approximate surface area is 145 Å². The Morgan fingerprint density at radius 1 is 1.08 bits per heavy atom. The van der Waals surface area contributed by atoms with Crippen molar-refractivity contribution in [1.82, 2.24) is 5.32 Å². The third kappa shape index (κ3) is 5.18. The van der Waals surface area contributed by atoms with Gasteiger partial charge in [-0.2, -0.15) is 0 Å². The van der Waals surface area contributed by atoms with Gasteiger partial charge in [0.25, 0.3) is 5.91 Å². The average Bonchev–Trinajstić information content (AvgIpc) is 2.60. The van der Waals surface area contributed by atoms with Crippen LogP contribution in [-0.2, 0) is 15.6 Å². The monoisotopic (exact) mass is 367 g/mol. The van der Waals surface area contributed by atoms with Gasteiger partial charge in [0, 0.05) is 16.2 Å². The van der Waals surface area contributed by atoms with Crippen LogP contribution in [0.25, 0.3) is 0 Å². The maximum atomic E-state index is 13.2. The van der Waals surface area contributed by atoms with Gasteiger partial charge in [-0.1, -0.05) is 18.2 Å². The zero-order valence-electron chi connectivity index (χ0n) is 12.9. The molecule has 0 aromatic heterocycles. The van der Waals surface area contributed by atoms with Gasteiger partial charge in [-0.15, -0.1) is 0 Å². The summed E-state index contributed by atoms with van der Waals surface area (Å²) >= 11 is 0. The maximum Gasteiger partial charge on any atom is 0.326 e. The third-order valence-corrected chi connectivity index (χ3v) is 4.79. The lowest BCUT2D eigenvalue weighted by Gasteiger charge is -2.14. The number of carboxylic acids is 1. The third-order valence-electron chi connectivity index (χ3n) is 3.38. The normalized spacial score (nSPS) is 13.0. The highest BCUT2D eigenvalue weighted by Crippen LogP contribution is 2.11. The Kier molecular flexibility index (Phi) is 6.35. The van der Waals surface area contributed by atoms with Crippen molar-refractivity contribution >= 4 is 22.7 Å². The van der Waals surface area contributed by atoms with Crippen molar-refractivity contribution in [3.63, 3.8) is 0 Å². The highest BCUT2D eigenvalue weighted by molar-refractivity contribution is 7.85. The molecule has 2 rings (SSSR count). The number of aliphatic carboxylic acids is 1. The van der Waals surface area contributed by atoms with Crippen LogP contribution in [-0.4, -0.2) is 33.0 Å². The van der Waals surface area contributed by atoms with E-state index in [-0.39, 0.29) is 17.7 Å². The van der Waals surface area contributed by atoms with Crippen LogP contribution in [0.5, 0.6) is 0 Å². The van der Waals surface area contributed by atoms with Gasteiger partial charge in [-0.25, -0.2) is 13.6 Å². The van der Waals surface area contributed by atoms with Crippen molar-refractivity contribution < 1.29 is 27.7 Å². The molecule has 0 spiro atoms. The second-order valence-corrected chi connectivity index (χ2v) is 6.72. The highest BCUT2D eigenvalue weighted by Gasteiger charge is 2.22. The number of nitrogens with one attached hydrogen (secondary N) is 1. The summed E-state index contributed by atoms with van der Waals surface area (Å²) in [6, 6.07) is 9.73. The first-order valence-electron chi connectivity index (χ1n) is 7.30. The molecule has 5 nitrogen and oxygen atoms in total. The van der Waals surface area contributed by atoms with Gasteiger partial charge in [-0.05, 0) is 36.8 Å². The van der Waals surface area contributed by atoms with Gasteiger partial charge < -0.3 is 10.4 Å². The summed E-state index contributed by atoms with van der Waals surface area (Å²) in [5, 5.41) is 11.4. The molecule has 0 unspecified atom stereocenters. The fourth-order valence-electron chi connectivity index (χ4n) is 2.05. The van der Waals surface area contributed by atoms with E-state index in [2.05, 4.69) is 5.32 Å². The molecule has 132 valence electrons. The molecule has 0 aliphatic rings. The molecule has 0 saturated heterocycles. The zero-order valence-corrected chi connectivity index (χ0v) is 13.8. The van der Waals surface area contributed by atoms with E-state index in [4.69, 9.17) is 0 Å². The van der Waals surface area contributed by atoms with Gasteiger partial charge in [0.05, 0.1) is 10.8 Å². The molecule has 0 radical (unpaired) electrons. The Morgan fingerprint density at radius 2 is 1.76 bits per heavy atom. The molecule has 2 aromatic carbocycles. The molecule has 0 heterocycles. The van der Waals surface area contributed by atoms with Crippen LogP contribution in [0.1, 0.15) is 16.8 Å². The second kappa shape index (κ2) is 8.48. The lowest BCUT2D eigenvalue weighted by Crippen LogP contribution is -2.41. The van der Waals surface area contributed by atoms with Crippen molar-refractivity contribution in [2.75, 3.05) is 5.75 Å². The van der Waals surface area contributed by atoms with E-state index >= 15 is 0 Å². The van der Waals surface area contributed by atoms with E-state index in [1.54, 1.807) is 30.3 Å². The van der Waals surface area contributed by atoms with Gasteiger partial charge in [0.1, 0.15) is 6.04 Å². The fraction of sp³-hybridized carbons (Fsp3) is 0.176. The van der Waals surface area contributed by atoms with E-state index in [0.29, 0.717) is 11.0 Å². The molecule has 1 amide bonds. The summed E-state index contributed by atoms with van der Waals surface area (Å²) in [7, 11) is -1.41. The van der Waals surface area contributed by atoms with Crippen molar-refractivity contribution in [1.29, 1.82) is 0 Å². The molecule has 0 bridgehead atoms. The van der Waals surface area contributed by atoms with Crippen molar-refractivity contribution in [2.45, 2.75) is 17.4 Å². The largest absolute Gasteiger partial charge is 0.480 e. The molecular weight excluding hydrogens is 352 g/mol. The summed E-state index contributed by atoms with van der Waals surface area (Å²) < 4.78 is 38.2. The average molecular weight is 367 g/mol. The summed E-state index contributed by atoms with van der Waals surface area (Å²) in [6.45, 7) is 0. The van der Waals surface area contributed by atoms with Crippen LogP contribution in [0.3, 0.4) is 0 Å². The fourth-order valence-corrected chi connectivity index (χ4v) is 3.20. The molecule has 2 N–H and O–H groups in total. The Morgan fingerprint density at radius 3 is 2.36 bits per heavy atom. The van der Waals surface area contributed by atoms with Gasteiger partial charge in [0.2, 0.25) is 0 Å². The number of hydrogen-bond donors (Lipinski definition) is 2. The van der Waals surface area contributed by atoms with Crippen molar-refractivity contribution in [2.24, 2.45) is 0 Å². The van der Waals surface area contributed by atoms with Crippen LogP contribution in [0, 0.1) is 11.6 Å². The van der Waals surface area contributed by atoms with E-state index in [1.165, 1.54) is 0 Å². The lowest BCUT2D eigenvalue weighted by molar-refractivity contribution is -0.139. The first-order chi connectivity index (χ1) is 11.9. The maximum absolute atomic E-state index is 13.2. The van der Waals surface area contributed by atoms with E-state index in [0.717, 1.165) is 12.1 Å². The van der Waals surface area contributed by atoms with Crippen LogP contribution in [0.15, 0.2) is 53.4 Å². The van der Waals surface area contributed by atoms with E-state index in [9.17, 15) is 27.7 Å². The number of carboxylic acid groups (broad SMARTS) is 1. The predicted octanol–water partition coefficient (Wildman–Crippen LogP) is 2.35. The Hall–Kier alpha value is -2.61. The van der Waals surface area contributed by atoms with Crippen LogP contribution in [0.4, 0.5) is 8.78 Å². The number of hydrogen-bond acceptors (Lipinski definition) is 3. The number of amides is 1. The number of benzene rings is 2. The Bertz CT molecular complexity index is 798. The zero-order chi connectivity index (χ0) is 18.4. The van der Waals surface area contributed by atoms with E-state index < -0.39 is 40.4 Å². The molecule has 25 heavy (non-hydrogen) atoms. The first kappa shape index (κ1) is 18.7. The number of carbonyl (C=O) groups excluding carboxylic acids is 1. The van der Waals surface area contributed by atoms with Crippen LogP contribution >= 0.6 is 0 Å². The summed E-state index contributed by atoms with van der Waals surface area (Å²) in [4.78, 5) is 23.8. The molecule has 0 saturated carbocycles. The van der Waals surface area contributed by atoms with Gasteiger partial charge >= 0.3 is 5.97 Å². The summed E-state index contributed by atoms with van der Waals surface area (Å²) in [6.07, 6.45) is -0.0771. The van der Waals surface area contributed by atoms with Crippen LogP contribution in [0.2, 0.25) is 0 Å². The van der Waals surface area contributed by atoms with Crippen LogP contribution < -0.4 is 5.32 Å². The second-order valence-electron chi connectivity index (χ2n) is 5.14.